The Labute approximate surface area is 107 Å². The van der Waals surface area contributed by atoms with Crippen molar-refractivity contribution in [2.45, 2.75) is 6.92 Å². The molecule has 0 saturated heterocycles. The van der Waals surface area contributed by atoms with Gasteiger partial charge in [0, 0.05) is 16.1 Å². The summed E-state index contributed by atoms with van der Waals surface area (Å²) in [6.07, 6.45) is 0. The normalized spacial score (nSPS) is 10.4. The number of aryl methyl sites for hydroxylation is 1. The van der Waals surface area contributed by atoms with Crippen molar-refractivity contribution >= 4 is 33.0 Å². The summed E-state index contributed by atoms with van der Waals surface area (Å²) in [5.41, 5.74) is 8.82. The maximum absolute atomic E-state index is 5.80. The largest absolute Gasteiger partial charge is 0.496 e. The van der Waals surface area contributed by atoms with E-state index in [0.29, 0.717) is 0 Å². The van der Waals surface area contributed by atoms with Gasteiger partial charge >= 0.3 is 0 Å². The third-order valence-corrected chi connectivity index (χ3v) is 4.52. The summed E-state index contributed by atoms with van der Waals surface area (Å²) in [5, 5.41) is 0. The minimum Gasteiger partial charge on any atom is -0.496 e. The number of nitrogens with two attached hydrogens (primary N) is 1. The van der Waals surface area contributed by atoms with Gasteiger partial charge in [-0.1, -0.05) is 0 Å². The van der Waals surface area contributed by atoms with Gasteiger partial charge in [0.2, 0.25) is 0 Å². The highest BCUT2D eigenvalue weighted by Crippen LogP contribution is 2.39. The fourth-order valence-corrected chi connectivity index (χ4v) is 3.07. The molecule has 0 fully saturated rings. The molecule has 0 atom stereocenters. The van der Waals surface area contributed by atoms with Crippen molar-refractivity contribution < 1.29 is 4.74 Å². The molecule has 1 heterocycles. The van der Waals surface area contributed by atoms with Crippen molar-refractivity contribution in [1.29, 1.82) is 0 Å². The van der Waals surface area contributed by atoms with Crippen molar-refractivity contribution in [3.05, 3.63) is 33.6 Å². The lowest BCUT2D eigenvalue weighted by atomic mass is 10.1. The van der Waals surface area contributed by atoms with Gasteiger partial charge in [0.05, 0.1) is 10.9 Å². The van der Waals surface area contributed by atoms with Gasteiger partial charge in [-0.05, 0) is 52.7 Å². The van der Waals surface area contributed by atoms with E-state index in [1.165, 1.54) is 5.56 Å². The first kappa shape index (κ1) is 11.5. The Hall–Kier alpha value is -1.000. The Morgan fingerprint density at radius 1 is 1.31 bits per heavy atom. The Bertz CT molecular complexity index is 502. The van der Waals surface area contributed by atoms with Gasteiger partial charge in [0.1, 0.15) is 5.75 Å². The summed E-state index contributed by atoms with van der Waals surface area (Å²) in [6, 6.07) is 7.81. The van der Waals surface area contributed by atoms with Crippen LogP contribution >= 0.6 is 27.3 Å². The quantitative estimate of drug-likeness (QED) is 0.848. The maximum Gasteiger partial charge on any atom is 0.127 e. The van der Waals surface area contributed by atoms with E-state index in [1.807, 2.05) is 18.2 Å². The second-order valence-electron chi connectivity index (χ2n) is 3.53. The zero-order valence-electron chi connectivity index (χ0n) is 9.08. The number of rotatable bonds is 2. The molecule has 84 valence electrons. The molecule has 2 nitrogen and oxygen atoms in total. The van der Waals surface area contributed by atoms with Crippen LogP contribution in [0.2, 0.25) is 0 Å². The van der Waals surface area contributed by atoms with E-state index in [9.17, 15) is 0 Å². The monoisotopic (exact) mass is 297 g/mol. The highest BCUT2D eigenvalue weighted by Gasteiger charge is 2.10. The Balaban J connectivity index is 2.57. The van der Waals surface area contributed by atoms with Crippen LogP contribution in [0.25, 0.3) is 10.4 Å². The lowest BCUT2D eigenvalue weighted by Crippen LogP contribution is -1.89. The molecule has 1 aromatic heterocycles. The maximum atomic E-state index is 5.80. The summed E-state index contributed by atoms with van der Waals surface area (Å²) >= 11 is 5.21. The van der Waals surface area contributed by atoms with Crippen LogP contribution < -0.4 is 10.5 Å². The lowest BCUT2D eigenvalue weighted by Gasteiger charge is -2.07. The molecule has 0 aliphatic heterocycles. The van der Waals surface area contributed by atoms with Crippen molar-refractivity contribution in [3.63, 3.8) is 0 Å². The second kappa shape index (κ2) is 4.47. The second-order valence-corrected chi connectivity index (χ2v) is 5.90. The lowest BCUT2D eigenvalue weighted by molar-refractivity contribution is 0.416. The molecular weight excluding hydrogens is 286 g/mol. The predicted octanol–water partition coefficient (Wildman–Crippen LogP) is 4.08. The first-order valence-electron chi connectivity index (χ1n) is 4.81. The third kappa shape index (κ3) is 2.08. The fourth-order valence-electron chi connectivity index (χ4n) is 1.51. The van der Waals surface area contributed by atoms with E-state index >= 15 is 0 Å². The average molecular weight is 298 g/mol. The first-order valence-corrected chi connectivity index (χ1v) is 6.42. The minimum atomic E-state index is 0.748. The van der Waals surface area contributed by atoms with Gasteiger partial charge in [-0.15, -0.1) is 11.3 Å². The highest BCUT2D eigenvalue weighted by atomic mass is 79.9. The zero-order chi connectivity index (χ0) is 11.7. The van der Waals surface area contributed by atoms with Gasteiger partial charge in [-0.2, -0.15) is 0 Å². The van der Waals surface area contributed by atoms with Crippen molar-refractivity contribution in [2.75, 3.05) is 12.8 Å². The van der Waals surface area contributed by atoms with Crippen LogP contribution in [0, 0.1) is 6.92 Å². The standard InChI is InChI=1S/C12H12BrNOS/c1-7-5-11(16-12(7)13)9-6-8(14)3-4-10(9)15-2/h3-6H,14H2,1-2H3. The molecule has 0 aliphatic rings. The van der Waals surface area contributed by atoms with E-state index in [1.54, 1.807) is 18.4 Å². The number of thiophene rings is 1. The smallest absolute Gasteiger partial charge is 0.127 e. The molecule has 0 amide bonds. The van der Waals surface area contributed by atoms with E-state index in [0.717, 1.165) is 25.7 Å². The van der Waals surface area contributed by atoms with Crippen LogP contribution in [0.1, 0.15) is 5.56 Å². The summed E-state index contributed by atoms with van der Waals surface area (Å²) in [6.45, 7) is 2.07. The molecule has 4 heteroatoms. The molecule has 0 spiro atoms. The first-order chi connectivity index (χ1) is 7.61. The summed E-state index contributed by atoms with van der Waals surface area (Å²) < 4.78 is 6.49. The molecule has 2 rings (SSSR count). The average Bonchev–Trinajstić information content (AvgIpc) is 2.59. The third-order valence-electron chi connectivity index (χ3n) is 2.35. The van der Waals surface area contributed by atoms with E-state index in [4.69, 9.17) is 10.5 Å². The van der Waals surface area contributed by atoms with Crippen molar-refractivity contribution in [2.24, 2.45) is 0 Å². The van der Waals surface area contributed by atoms with Crippen LogP contribution in [0.3, 0.4) is 0 Å². The number of nitrogen functional groups attached to an aromatic ring is 1. The van der Waals surface area contributed by atoms with E-state index in [2.05, 4.69) is 28.9 Å². The number of methoxy groups -OCH3 is 1. The predicted molar refractivity (Wildman–Crippen MR) is 73.2 cm³/mol. The highest BCUT2D eigenvalue weighted by molar-refractivity contribution is 9.11. The van der Waals surface area contributed by atoms with Gasteiger partial charge < -0.3 is 10.5 Å². The zero-order valence-corrected chi connectivity index (χ0v) is 11.5. The van der Waals surface area contributed by atoms with Gasteiger partial charge in [0.15, 0.2) is 0 Å². The number of anilines is 1. The van der Waals surface area contributed by atoms with Crippen LogP contribution in [-0.4, -0.2) is 7.11 Å². The van der Waals surface area contributed by atoms with Crippen LogP contribution in [-0.2, 0) is 0 Å². The van der Waals surface area contributed by atoms with Gasteiger partial charge in [-0.3, -0.25) is 0 Å². The fraction of sp³-hybridized carbons (Fsp3) is 0.167. The van der Waals surface area contributed by atoms with Crippen molar-refractivity contribution in [1.82, 2.24) is 0 Å². The van der Waals surface area contributed by atoms with Crippen LogP contribution in [0.5, 0.6) is 5.75 Å². The Kier molecular flexibility index (Phi) is 3.21. The Morgan fingerprint density at radius 2 is 2.06 bits per heavy atom. The number of halogens is 1. The molecule has 0 saturated carbocycles. The molecule has 2 N–H and O–H groups in total. The minimum absolute atomic E-state index is 0.748. The van der Waals surface area contributed by atoms with Gasteiger partial charge in [-0.25, -0.2) is 0 Å². The molecule has 2 aromatic rings. The van der Waals surface area contributed by atoms with Crippen LogP contribution in [0.15, 0.2) is 28.1 Å². The molecule has 1 aromatic carbocycles. The number of benzene rings is 1. The van der Waals surface area contributed by atoms with Crippen LogP contribution in [0.4, 0.5) is 5.69 Å². The van der Waals surface area contributed by atoms with Crippen molar-refractivity contribution in [3.8, 4) is 16.2 Å². The number of hydrogen-bond acceptors (Lipinski definition) is 3. The molecule has 16 heavy (non-hydrogen) atoms. The number of hydrogen-bond donors (Lipinski definition) is 1. The molecule has 0 aliphatic carbocycles. The SMILES string of the molecule is COc1ccc(N)cc1-c1cc(C)c(Br)s1. The molecule has 0 bridgehead atoms. The molecular formula is C12H12BrNOS. The van der Waals surface area contributed by atoms with E-state index in [-0.39, 0.29) is 0 Å². The van der Waals surface area contributed by atoms with Gasteiger partial charge in [0.25, 0.3) is 0 Å². The number of ether oxygens (including phenoxy) is 1. The summed E-state index contributed by atoms with van der Waals surface area (Å²) in [5.74, 6) is 0.850. The molecule has 0 unspecified atom stereocenters. The Morgan fingerprint density at radius 3 is 2.62 bits per heavy atom. The summed E-state index contributed by atoms with van der Waals surface area (Å²) in [7, 11) is 1.67. The van der Waals surface area contributed by atoms with E-state index < -0.39 is 0 Å². The topological polar surface area (TPSA) is 35.2 Å². The molecule has 0 radical (unpaired) electrons. The summed E-state index contributed by atoms with van der Waals surface area (Å²) in [4.78, 5) is 1.16.